The maximum absolute atomic E-state index is 13.6. The van der Waals surface area contributed by atoms with Crippen LogP contribution >= 0.6 is 9.03 Å². The number of alkyl halides is 9. The topological polar surface area (TPSA) is 49.7 Å². The normalized spacial score (nSPS) is 19.1. The molecular weight excluding hydrogens is 402 g/mol. The maximum Gasteiger partial charge on any atom is 0.460 e. The summed E-state index contributed by atoms with van der Waals surface area (Å²) in [5.74, 6) is -14.5. The Hall–Kier alpha value is -0.880. The Morgan fingerprint density at radius 3 is 1.83 bits per heavy atom. The van der Waals surface area contributed by atoms with Crippen molar-refractivity contribution in [2.75, 3.05) is 13.1 Å². The average Bonchev–Trinajstić information content (AvgIpc) is 2.45. The van der Waals surface area contributed by atoms with Gasteiger partial charge < -0.3 is 0 Å². The summed E-state index contributed by atoms with van der Waals surface area (Å²) in [6.07, 6.45) is -7.44. The molecule has 1 aliphatic rings. The van der Waals surface area contributed by atoms with E-state index >= 15 is 0 Å². The highest BCUT2D eigenvalue weighted by Gasteiger charge is 2.85. The molecule has 0 fully saturated rings. The second kappa shape index (κ2) is 6.13. The molecule has 0 aliphatic carbocycles. The third-order valence-corrected chi connectivity index (χ3v) is 5.36. The van der Waals surface area contributed by atoms with E-state index in [2.05, 4.69) is 13.9 Å². The predicted octanol–water partition coefficient (Wildman–Crippen LogP) is 3.66. The number of rotatable bonds is 5. The lowest BCUT2D eigenvalue weighted by molar-refractivity contribution is -0.382. The van der Waals surface area contributed by atoms with E-state index in [1.54, 1.807) is 0 Å². The summed E-state index contributed by atoms with van der Waals surface area (Å²) in [7, 11) is -3.85. The molecule has 0 aromatic heterocycles. The number of sulfone groups is 1. The summed E-state index contributed by atoms with van der Waals surface area (Å²) in [5.41, 5.74) is 0. The standard InChI is InChI=1S/C9H8F9N2O2PS/c10-6(11,8(14,15)16)7(12,13)9(17,18)24(21,22)5-1-3-20(19-23)4-2-5/h1,23H,2-4H2. The molecule has 15 heteroatoms. The Bertz CT molecular complexity index is 644. The van der Waals surface area contributed by atoms with Crippen molar-refractivity contribution >= 4 is 18.9 Å². The lowest BCUT2D eigenvalue weighted by Gasteiger charge is -2.34. The molecule has 1 rings (SSSR count). The third kappa shape index (κ3) is 3.03. The van der Waals surface area contributed by atoms with E-state index in [-0.39, 0.29) is 6.54 Å². The molecule has 0 aromatic rings. The first-order valence-electron chi connectivity index (χ1n) is 5.80. The molecule has 0 saturated carbocycles. The first kappa shape index (κ1) is 21.2. The minimum Gasteiger partial charge on any atom is -0.217 e. The average molecular weight is 410 g/mol. The number of hydrogen-bond acceptors (Lipinski definition) is 3. The number of nitrogens with zero attached hydrogens (tertiary/aromatic N) is 2. The van der Waals surface area contributed by atoms with Gasteiger partial charge in [-0.2, -0.15) is 49.4 Å². The monoisotopic (exact) mass is 410 g/mol. The van der Waals surface area contributed by atoms with Crippen LogP contribution in [0.2, 0.25) is 0 Å². The van der Waals surface area contributed by atoms with Gasteiger partial charge in [-0.05, 0) is 6.42 Å². The van der Waals surface area contributed by atoms with Crippen LogP contribution in [0, 0.1) is 0 Å². The lowest BCUT2D eigenvalue weighted by Crippen LogP contribution is -2.63. The second-order valence-electron chi connectivity index (χ2n) is 4.60. The van der Waals surface area contributed by atoms with Crippen molar-refractivity contribution in [1.29, 1.82) is 0 Å². The summed E-state index contributed by atoms with van der Waals surface area (Å²) in [6.45, 7) is -0.832. The molecule has 1 heterocycles. The summed E-state index contributed by atoms with van der Waals surface area (Å²) in [5, 5.41) is -5.63. The maximum atomic E-state index is 13.6. The molecule has 0 aromatic carbocycles. The van der Waals surface area contributed by atoms with Gasteiger partial charge in [0.15, 0.2) is 0 Å². The SMILES string of the molecule is O=S(=O)(C1=CCN(N=P)CC1)C(F)(F)C(F)(F)C(F)(F)C(F)(F)F. The molecule has 0 radical (unpaired) electrons. The number of hydrogen-bond donors (Lipinski definition) is 0. The van der Waals surface area contributed by atoms with Crippen molar-refractivity contribution in [3.63, 3.8) is 0 Å². The van der Waals surface area contributed by atoms with Gasteiger partial charge in [0.25, 0.3) is 0 Å². The van der Waals surface area contributed by atoms with Crippen LogP contribution in [0.5, 0.6) is 0 Å². The quantitative estimate of drug-likeness (QED) is 0.514. The fraction of sp³-hybridized carbons (Fsp3) is 0.778. The highest BCUT2D eigenvalue weighted by molar-refractivity contribution is 7.96. The zero-order valence-corrected chi connectivity index (χ0v) is 13.0. The van der Waals surface area contributed by atoms with E-state index < -0.39 is 51.0 Å². The summed E-state index contributed by atoms with van der Waals surface area (Å²) in [6, 6.07) is 0. The van der Waals surface area contributed by atoms with Gasteiger partial charge in [0.1, 0.15) is 0 Å². The fourth-order valence-electron chi connectivity index (χ4n) is 1.67. The minimum absolute atomic E-state index is 0.369. The molecule has 1 aliphatic heterocycles. The van der Waals surface area contributed by atoms with Gasteiger partial charge in [-0.3, -0.25) is 0 Å². The highest BCUT2D eigenvalue weighted by atomic mass is 32.2. The lowest BCUT2D eigenvalue weighted by atomic mass is 10.1. The van der Waals surface area contributed by atoms with Crippen molar-refractivity contribution in [2.24, 2.45) is 4.85 Å². The van der Waals surface area contributed by atoms with Crippen LogP contribution in [0.1, 0.15) is 6.42 Å². The largest absolute Gasteiger partial charge is 0.460 e. The molecule has 0 spiro atoms. The molecule has 0 amide bonds. The van der Waals surface area contributed by atoms with Gasteiger partial charge in [0, 0.05) is 27.0 Å². The molecular formula is C9H8F9N2O2PS. The predicted molar refractivity (Wildman–Crippen MR) is 64.8 cm³/mol. The van der Waals surface area contributed by atoms with Gasteiger partial charge in [-0.1, -0.05) is 6.08 Å². The van der Waals surface area contributed by atoms with E-state index in [0.717, 1.165) is 5.01 Å². The van der Waals surface area contributed by atoms with Gasteiger partial charge in [-0.15, -0.1) is 0 Å². The second-order valence-corrected chi connectivity index (χ2v) is 6.84. The van der Waals surface area contributed by atoms with Crippen molar-refractivity contribution in [3.8, 4) is 0 Å². The van der Waals surface area contributed by atoms with Gasteiger partial charge in [-0.25, -0.2) is 8.42 Å². The summed E-state index contributed by atoms with van der Waals surface area (Å²) >= 11 is 0. The van der Waals surface area contributed by atoms with Crippen LogP contribution in [0.15, 0.2) is 15.8 Å². The van der Waals surface area contributed by atoms with Crippen molar-refractivity contribution in [3.05, 3.63) is 11.0 Å². The van der Waals surface area contributed by atoms with E-state index in [9.17, 15) is 47.9 Å². The first-order chi connectivity index (χ1) is 10.5. The van der Waals surface area contributed by atoms with Crippen molar-refractivity contribution in [1.82, 2.24) is 5.01 Å². The fourth-order valence-corrected chi connectivity index (χ4v) is 3.30. The summed E-state index contributed by atoms with van der Waals surface area (Å²) < 4.78 is 138. The zero-order valence-electron chi connectivity index (χ0n) is 11.2. The van der Waals surface area contributed by atoms with Crippen LogP contribution in [0.25, 0.3) is 0 Å². The molecule has 0 saturated heterocycles. The van der Waals surface area contributed by atoms with Crippen LogP contribution in [-0.2, 0) is 9.84 Å². The molecule has 0 bridgehead atoms. The first-order valence-corrected chi connectivity index (χ1v) is 7.73. The summed E-state index contributed by atoms with van der Waals surface area (Å²) in [4.78, 5) is 1.96. The Balaban J connectivity index is 3.37. The molecule has 0 unspecified atom stereocenters. The van der Waals surface area contributed by atoms with E-state index in [0.29, 0.717) is 6.08 Å². The molecule has 0 N–H and O–H groups in total. The van der Waals surface area contributed by atoms with Crippen LogP contribution < -0.4 is 0 Å². The van der Waals surface area contributed by atoms with E-state index in [4.69, 9.17) is 0 Å². The van der Waals surface area contributed by atoms with Crippen LogP contribution in [0.3, 0.4) is 0 Å². The van der Waals surface area contributed by atoms with Gasteiger partial charge in [0.2, 0.25) is 9.84 Å². The van der Waals surface area contributed by atoms with Crippen LogP contribution in [0.4, 0.5) is 39.5 Å². The van der Waals surface area contributed by atoms with Crippen LogP contribution in [-0.4, -0.2) is 49.8 Å². The van der Waals surface area contributed by atoms with Gasteiger partial charge >= 0.3 is 23.3 Å². The molecule has 24 heavy (non-hydrogen) atoms. The van der Waals surface area contributed by atoms with Crippen molar-refractivity contribution in [2.45, 2.75) is 29.7 Å². The number of halogens is 9. The minimum atomic E-state index is -7.26. The van der Waals surface area contributed by atoms with Gasteiger partial charge in [0.05, 0.1) is 0 Å². The highest BCUT2D eigenvalue weighted by Crippen LogP contribution is 2.55. The van der Waals surface area contributed by atoms with E-state index in [1.165, 1.54) is 0 Å². The van der Waals surface area contributed by atoms with Crippen molar-refractivity contribution < 1.29 is 47.9 Å². The Morgan fingerprint density at radius 2 is 1.50 bits per heavy atom. The third-order valence-electron chi connectivity index (χ3n) is 3.09. The Morgan fingerprint density at radius 1 is 1.00 bits per heavy atom. The smallest absolute Gasteiger partial charge is 0.217 e. The van der Waals surface area contributed by atoms with E-state index in [1.807, 2.05) is 0 Å². The Kier molecular flexibility index (Phi) is 5.41. The molecule has 0 atom stereocenters. The molecule has 140 valence electrons. The molecule has 4 nitrogen and oxygen atoms in total. The zero-order chi connectivity index (χ0) is 19.2. The Labute approximate surface area is 131 Å².